The van der Waals surface area contributed by atoms with Crippen molar-refractivity contribution in [3.8, 4) is 22.4 Å². The Balaban J connectivity index is 1.07. The highest BCUT2D eigenvalue weighted by Crippen LogP contribution is 2.57. The van der Waals surface area contributed by atoms with Gasteiger partial charge in [-0.2, -0.15) is 0 Å². The summed E-state index contributed by atoms with van der Waals surface area (Å²) in [5.41, 5.74) is 14.7. The van der Waals surface area contributed by atoms with Crippen molar-refractivity contribution in [1.82, 2.24) is 4.98 Å². The monoisotopic (exact) mass is 752 g/mol. The molecule has 59 heavy (non-hydrogen) atoms. The zero-order valence-corrected chi connectivity index (χ0v) is 32.1. The van der Waals surface area contributed by atoms with E-state index in [0.29, 0.717) is 0 Å². The molecule has 9 aromatic carbocycles. The van der Waals surface area contributed by atoms with Gasteiger partial charge in [-0.1, -0.05) is 182 Å². The molecule has 0 bridgehead atoms. The van der Waals surface area contributed by atoms with Gasteiger partial charge in [-0.25, -0.2) is 4.98 Å². The zero-order valence-electron chi connectivity index (χ0n) is 32.1. The lowest BCUT2D eigenvalue weighted by atomic mass is 9.62. The van der Waals surface area contributed by atoms with Crippen molar-refractivity contribution in [3.63, 3.8) is 0 Å². The predicted molar refractivity (Wildman–Crippen MR) is 244 cm³/mol. The molecular weight excluding hydrogens is 717 g/mol. The van der Waals surface area contributed by atoms with Crippen LogP contribution in [-0.4, -0.2) is 4.98 Å². The largest absolute Gasteiger partial charge is 0.455 e. The molecule has 0 radical (unpaired) electrons. The van der Waals surface area contributed by atoms with Crippen LogP contribution in [0.1, 0.15) is 22.3 Å². The van der Waals surface area contributed by atoms with Crippen LogP contribution in [0.15, 0.2) is 223 Å². The van der Waals surface area contributed by atoms with Crippen LogP contribution in [0.5, 0.6) is 0 Å². The molecule has 0 N–H and O–H groups in total. The minimum absolute atomic E-state index is 0.521. The number of benzene rings is 9. The first kappa shape index (κ1) is 33.4. The van der Waals surface area contributed by atoms with Gasteiger partial charge in [0.15, 0.2) is 0 Å². The van der Waals surface area contributed by atoms with Crippen molar-refractivity contribution in [1.29, 1.82) is 0 Å². The molecule has 0 saturated carbocycles. The Bertz CT molecular complexity index is 3300. The summed E-state index contributed by atoms with van der Waals surface area (Å²) in [6, 6.07) is 78.5. The molecule has 2 aromatic heterocycles. The second kappa shape index (κ2) is 13.2. The lowest BCUT2D eigenvalue weighted by molar-refractivity contribution is 0.674. The number of hydrogen-bond acceptors (Lipinski definition) is 3. The Labute approximate surface area is 342 Å². The quantitative estimate of drug-likeness (QED) is 0.164. The maximum atomic E-state index is 7.13. The number of aromatic nitrogens is 1. The summed E-state index contributed by atoms with van der Waals surface area (Å²) in [5, 5.41) is 5.44. The highest BCUT2D eigenvalue weighted by Gasteiger charge is 2.46. The van der Waals surface area contributed by atoms with Crippen molar-refractivity contribution in [2.45, 2.75) is 5.41 Å². The van der Waals surface area contributed by atoms with Crippen molar-refractivity contribution < 1.29 is 4.42 Å². The van der Waals surface area contributed by atoms with Gasteiger partial charge in [0.2, 0.25) is 0 Å². The molecule has 0 unspecified atom stereocenters. The van der Waals surface area contributed by atoms with Crippen LogP contribution in [0.25, 0.3) is 66.0 Å². The second-order valence-corrected chi connectivity index (χ2v) is 15.4. The molecule has 0 fully saturated rings. The molecule has 0 saturated heterocycles. The molecule has 12 rings (SSSR count). The number of nitrogens with zero attached hydrogens (tertiary/aromatic N) is 2. The van der Waals surface area contributed by atoms with Crippen molar-refractivity contribution in [2.75, 3.05) is 4.90 Å². The molecule has 0 aliphatic carbocycles. The van der Waals surface area contributed by atoms with Gasteiger partial charge in [-0.05, 0) is 64.2 Å². The topological polar surface area (TPSA) is 29.3 Å². The molecule has 0 amide bonds. The third-order valence-corrected chi connectivity index (χ3v) is 12.3. The summed E-state index contributed by atoms with van der Waals surface area (Å²) >= 11 is 0. The standard InChI is InChI=1S/C56H36N2O/c1-4-18-37(19-5-1)53-46-35-34-44-43-28-17-27-42(54(43)59-55(44)52(46)45-26-10-13-31-49(45)57-53)38-20-16-25-41(36-38)58-50-32-14-11-29-47(50)56(39-21-6-2-7-22-39,40-23-8-3-9-24-40)48-30-12-15-33-51(48)58/h1-36H. The maximum absolute atomic E-state index is 7.13. The van der Waals surface area contributed by atoms with E-state index in [9.17, 15) is 0 Å². The summed E-state index contributed by atoms with van der Waals surface area (Å²) in [7, 11) is 0. The average molecular weight is 753 g/mol. The average Bonchev–Trinajstić information content (AvgIpc) is 3.70. The van der Waals surface area contributed by atoms with E-state index < -0.39 is 5.41 Å². The highest BCUT2D eigenvalue weighted by atomic mass is 16.3. The summed E-state index contributed by atoms with van der Waals surface area (Å²) in [6.45, 7) is 0. The van der Waals surface area contributed by atoms with Crippen molar-refractivity contribution >= 4 is 60.7 Å². The smallest absolute Gasteiger partial charge is 0.144 e. The number of fused-ring (bicyclic) bond motifs is 9. The molecule has 1 aliphatic heterocycles. The van der Waals surface area contributed by atoms with E-state index in [0.717, 1.165) is 83.1 Å². The number of anilines is 3. The molecule has 0 spiro atoms. The van der Waals surface area contributed by atoms with Crippen LogP contribution in [0.2, 0.25) is 0 Å². The Hall–Kier alpha value is -7.75. The van der Waals surface area contributed by atoms with Crippen LogP contribution in [0.3, 0.4) is 0 Å². The van der Waals surface area contributed by atoms with Gasteiger partial charge in [0, 0.05) is 43.7 Å². The normalized spacial score (nSPS) is 13.2. The molecular formula is C56H36N2O. The van der Waals surface area contributed by atoms with E-state index in [-0.39, 0.29) is 0 Å². The first-order valence-corrected chi connectivity index (χ1v) is 20.2. The SMILES string of the molecule is c1ccc(-c2nc3ccccc3c3c2ccc2c4cccc(-c5cccc(N6c7ccccc7C(c7ccccc7)(c7ccccc7)c7ccccc76)c5)c4oc23)cc1. The first-order chi connectivity index (χ1) is 29.3. The van der Waals surface area contributed by atoms with E-state index in [2.05, 4.69) is 217 Å². The van der Waals surface area contributed by atoms with Crippen LogP contribution in [-0.2, 0) is 5.41 Å². The van der Waals surface area contributed by atoms with Gasteiger partial charge in [0.05, 0.1) is 28.0 Å². The molecule has 3 heteroatoms. The fourth-order valence-electron chi connectivity index (χ4n) is 9.84. The van der Waals surface area contributed by atoms with Gasteiger partial charge in [-0.3, -0.25) is 0 Å². The van der Waals surface area contributed by atoms with E-state index >= 15 is 0 Å². The lowest BCUT2D eigenvalue weighted by Gasteiger charge is -2.46. The Morgan fingerprint density at radius 3 is 1.66 bits per heavy atom. The first-order valence-electron chi connectivity index (χ1n) is 20.2. The number of para-hydroxylation sites is 4. The van der Waals surface area contributed by atoms with Gasteiger partial charge in [-0.15, -0.1) is 0 Å². The Morgan fingerprint density at radius 1 is 0.407 bits per heavy atom. The number of hydrogen-bond donors (Lipinski definition) is 0. The number of pyridine rings is 1. The fraction of sp³-hybridized carbons (Fsp3) is 0.0179. The van der Waals surface area contributed by atoms with Crippen molar-refractivity contribution in [2.24, 2.45) is 0 Å². The van der Waals surface area contributed by atoms with Gasteiger partial charge in [0.1, 0.15) is 11.2 Å². The lowest BCUT2D eigenvalue weighted by Crippen LogP contribution is -2.37. The van der Waals surface area contributed by atoms with Crippen LogP contribution in [0.4, 0.5) is 17.1 Å². The summed E-state index contributed by atoms with van der Waals surface area (Å²) in [4.78, 5) is 7.62. The maximum Gasteiger partial charge on any atom is 0.144 e. The van der Waals surface area contributed by atoms with Crippen LogP contribution in [0, 0.1) is 0 Å². The van der Waals surface area contributed by atoms with Crippen LogP contribution >= 0.6 is 0 Å². The molecule has 276 valence electrons. The Kier molecular flexibility index (Phi) is 7.45. The molecule has 0 atom stereocenters. The summed E-state index contributed by atoms with van der Waals surface area (Å²) < 4.78 is 7.13. The number of rotatable bonds is 5. The Morgan fingerprint density at radius 2 is 0.949 bits per heavy atom. The molecule has 3 nitrogen and oxygen atoms in total. The van der Waals surface area contributed by atoms with E-state index in [1.165, 1.54) is 22.3 Å². The van der Waals surface area contributed by atoms with Crippen LogP contribution < -0.4 is 4.90 Å². The van der Waals surface area contributed by atoms with E-state index in [4.69, 9.17) is 9.40 Å². The van der Waals surface area contributed by atoms with E-state index in [1.807, 2.05) is 6.07 Å². The van der Waals surface area contributed by atoms with Gasteiger partial charge < -0.3 is 9.32 Å². The second-order valence-electron chi connectivity index (χ2n) is 15.4. The summed E-state index contributed by atoms with van der Waals surface area (Å²) in [5.74, 6) is 0. The predicted octanol–water partition coefficient (Wildman–Crippen LogP) is 14.8. The van der Waals surface area contributed by atoms with E-state index in [1.54, 1.807) is 0 Å². The molecule has 3 heterocycles. The highest BCUT2D eigenvalue weighted by molar-refractivity contribution is 6.25. The van der Waals surface area contributed by atoms with Gasteiger partial charge >= 0.3 is 0 Å². The third kappa shape index (κ3) is 4.92. The zero-order chi connectivity index (χ0) is 38.9. The summed E-state index contributed by atoms with van der Waals surface area (Å²) in [6.07, 6.45) is 0. The minimum atomic E-state index is -0.521. The molecule has 11 aromatic rings. The van der Waals surface area contributed by atoms with Crippen molar-refractivity contribution in [3.05, 3.63) is 241 Å². The third-order valence-electron chi connectivity index (χ3n) is 12.3. The fourth-order valence-corrected chi connectivity index (χ4v) is 9.84. The minimum Gasteiger partial charge on any atom is -0.455 e. The van der Waals surface area contributed by atoms with Gasteiger partial charge in [0.25, 0.3) is 0 Å². The molecule has 1 aliphatic rings. The number of furan rings is 1.